The van der Waals surface area contributed by atoms with Gasteiger partial charge in [0.2, 0.25) is 0 Å². The summed E-state index contributed by atoms with van der Waals surface area (Å²) in [5.41, 5.74) is 3.23. The van der Waals surface area contributed by atoms with E-state index in [4.69, 9.17) is 14.2 Å². The van der Waals surface area contributed by atoms with E-state index >= 15 is 0 Å². The number of ether oxygens (including phenoxy) is 3. The molecular formula is C30H32N2O4. The van der Waals surface area contributed by atoms with Gasteiger partial charge in [-0.1, -0.05) is 68.4 Å². The van der Waals surface area contributed by atoms with Crippen LogP contribution in [0.4, 0.5) is 0 Å². The number of imidazole rings is 1. The molecule has 6 nitrogen and oxygen atoms in total. The molecule has 3 aromatic carbocycles. The molecule has 0 amide bonds. The van der Waals surface area contributed by atoms with Crippen LogP contribution in [0.5, 0.6) is 11.5 Å². The largest absolute Gasteiger partial charge is 0.491 e. The molecule has 0 radical (unpaired) electrons. The molecule has 36 heavy (non-hydrogen) atoms. The van der Waals surface area contributed by atoms with E-state index < -0.39 is 6.10 Å². The molecule has 0 aliphatic carbocycles. The van der Waals surface area contributed by atoms with Crippen LogP contribution in [0.15, 0.2) is 91.3 Å². The Kier molecular flexibility index (Phi) is 7.07. The fourth-order valence-corrected chi connectivity index (χ4v) is 4.23. The van der Waals surface area contributed by atoms with Gasteiger partial charge < -0.3 is 23.9 Å². The molecule has 5 rings (SSSR count). The second-order valence-electron chi connectivity index (χ2n) is 9.67. The van der Waals surface area contributed by atoms with Crippen molar-refractivity contribution in [1.29, 1.82) is 0 Å². The average molecular weight is 485 g/mol. The van der Waals surface area contributed by atoms with Gasteiger partial charge in [0.1, 0.15) is 42.7 Å². The predicted molar refractivity (Wildman–Crippen MR) is 139 cm³/mol. The van der Waals surface area contributed by atoms with E-state index in [2.05, 4.69) is 43.1 Å². The summed E-state index contributed by atoms with van der Waals surface area (Å²) in [6.45, 7) is 6.41. The number of aromatic nitrogens is 2. The Balaban J connectivity index is 1.16. The Morgan fingerprint density at radius 2 is 1.56 bits per heavy atom. The third kappa shape index (κ3) is 5.78. The molecule has 4 aromatic rings. The van der Waals surface area contributed by atoms with Crippen LogP contribution in [-0.2, 0) is 16.7 Å². The van der Waals surface area contributed by atoms with Crippen molar-refractivity contribution in [1.82, 2.24) is 9.55 Å². The fourth-order valence-electron chi connectivity index (χ4n) is 4.23. The van der Waals surface area contributed by atoms with E-state index in [1.807, 2.05) is 65.4 Å². The summed E-state index contributed by atoms with van der Waals surface area (Å²) in [5, 5.41) is 10.6. The number of rotatable bonds is 11. The summed E-state index contributed by atoms with van der Waals surface area (Å²) in [4.78, 5) is 4.44. The zero-order valence-electron chi connectivity index (χ0n) is 20.7. The first-order valence-corrected chi connectivity index (χ1v) is 12.3. The van der Waals surface area contributed by atoms with E-state index in [9.17, 15) is 5.11 Å². The maximum absolute atomic E-state index is 10.6. The number of hydrogen-bond donors (Lipinski definition) is 1. The van der Waals surface area contributed by atoms with Crippen LogP contribution < -0.4 is 9.47 Å². The minimum Gasteiger partial charge on any atom is -0.491 e. The summed E-state index contributed by atoms with van der Waals surface area (Å²) >= 11 is 0. The second-order valence-corrected chi connectivity index (χ2v) is 9.67. The third-order valence-electron chi connectivity index (χ3n) is 6.59. The van der Waals surface area contributed by atoms with E-state index in [0.717, 1.165) is 29.5 Å². The number of aliphatic hydroxyl groups excluding tert-OH is 1. The van der Waals surface area contributed by atoms with Crippen molar-refractivity contribution in [3.05, 3.63) is 102 Å². The van der Waals surface area contributed by atoms with Crippen molar-refractivity contribution in [2.75, 3.05) is 19.8 Å². The van der Waals surface area contributed by atoms with Gasteiger partial charge in [0.25, 0.3) is 0 Å². The molecule has 2 unspecified atom stereocenters. The first kappa shape index (κ1) is 24.1. The minimum atomic E-state index is -0.662. The van der Waals surface area contributed by atoms with Crippen molar-refractivity contribution < 1.29 is 19.3 Å². The van der Waals surface area contributed by atoms with Gasteiger partial charge in [0.05, 0.1) is 13.2 Å². The SMILES string of the molecule is CC(C)(c1ccc(OCC(O)Cn2ccnc2-c2ccccc2)cc1)c1ccc(OCC2CO2)cc1. The molecule has 0 bridgehead atoms. The van der Waals surface area contributed by atoms with Crippen LogP contribution >= 0.6 is 0 Å². The summed E-state index contributed by atoms with van der Waals surface area (Å²) in [7, 11) is 0. The third-order valence-corrected chi connectivity index (χ3v) is 6.59. The number of hydrogen-bond acceptors (Lipinski definition) is 5. The molecular weight excluding hydrogens is 452 g/mol. The molecule has 6 heteroatoms. The van der Waals surface area contributed by atoms with Gasteiger partial charge in [-0.15, -0.1) is 0 Å². The molecule has 1 N–H and O–H groups in total. The van der Waals surface area contributed by atoms with E-state index in [1.54, 1.807) is 6.20 Å². The molecule has 1 aromatic heterocycles. The van der Waals surface area contributed by atoms with E-state index in [1.165, 1.54) is 11.1 Å². The highest BCUT2D eigenvalue weighted by Gasteiger charge is 2.25. The van der Waals surface area contributed by atoms with Crippen LogP contribution in [0.2, 0.25) is 0 Å². The van der Waals surface area contributed by atoms with Gasteiger partial charge in [-0.25, -0.2) is 4.98 Å². The standard InChI is InChI=1S/C30H32N2O4/c1-30(2,24-10-14-27(15-11-24)35-20-28-21-36-28)23-8-12-26(13-9-23)34-19-25(33)18-32-17-16-31-29(32)22-6-4-3-5-7-22/h3-17,25,28,33H,18-21H2,1-2H3. The Labute approximate surface area is 212 Å². The van der Waals surface area contributed by atoms with Gasteiger partial charge in [0, 0.05) is 23.4 Å². The van der Waals surface area contributed by atoms with E-state index in [-0.39, 0.29) is 18.1 Å². The van der Waals surface area contributed by atoms with Crippen molar-refractivity contribution >= 4 is 0 Å². The fraction of sp³-hybridized carbons (Fsp3) is 0.300. The first-order chi connectivity index (χ1) is 17.5. The van der Waals surface area contributed by atoms with Gasteiger partial charge in [-0.3, -0.25) is 0 Å². The zero-order chi connectivity index (χ0) is 25.0. The van der Waals surface area contributed by atoms with Gasteiger partial charge >= 0.3 is 0 Å². The lowest BCUT2D eigenvalue weighted by Gasteiger charge is -2.26. The van der Waals surface area contributed by atoms with Crippen molar-refractivity contribution in [2.45, 2.75) is 38.0 Å². The normalized spacial score (nSPS) is 15.9. The molecule has 186 valence electrons. The highest BCUT2D eigenvalue weighted by Crippen LogP contribution is 2.33. The Morgan fingerprint density at radius 3 is 2.17 bits per heavy atom. The Morgan fingerprint density at radius 1 is 0.944 bits per heavy atom. The van der Waals surface area contributed by atoms with Crippen molar-refractivity contribution in [2.24, 2.45) is 0 Å². The maximum atomic E-state index is 10.6. The van der Waals surface area contributed by atoms with Crippen LogP contribution in [0, 0.1) is 0 Å². The van der Waals surface area contributed by atoms with Crippen LogP contribution in [0.1, 0.15) is 25.0 Å². The van der Waals surface area contributed by atoms with Gasteiger partial charge in [0.15, 0.2) is 0 Å². The smallest absolute Gasteiger partial charge is 0.139 e. The highest BCUT2D eigenvalue weighted by molar-refractivity contribution is 5.55. The quantitative estimate of drug-likeness (QED) is 0.300. The number of epoxide rings is 1. The lowest BCUT2D eigenvalue weighted by Crippen LogP contribution is -2.24. The molecule has 1 fully saturated rings. The van der Waals surface area contributed by atoms with Gasteiger partial charge in [-0.2, -0.15) is 0 Å². The molecule has 1 aliphatic rings. The average Bonchev–Trinajstić information content (AvgIpc) is 3.63. The lowest BCUT2D eigenvalue weighted by atomic mass is 9.78. The molecule has 2 atom stereocenters. The first-order valence-electron chi connectivity index (χ1n) is 12.3. The monoisotopic (exact) mass is 484 g/mol. The van der Waals surface area contributed by atoms with Crippen LogP contribution in [-0.4, -0.2) is 46.7 Å². The summed E-state index contributed by atoms with van der Waals surface area (Å²) in [6, 6.07) is 26.3. The maximum Gasteiger partial charge on any atom is 0.139 e. The van der Waals surface area contributed by atoms with Crippen LogP contribution in [0.25, 0.3) is 11.4 Å². The summed E-state index contributed by atoms with van der Waals surface area (Å²) in [6.07, 6.45) is 3.22. The second kappa shape index (κ2) is 10.6. The Hall–Kier alpha value is -3.61. The topological polar surface area (TPSA) is 69.0 Å². The van der Waals surface area contributed by atoms with Crippen LogP contribution in [0.3, 0.4) is 0 Å². The summed E-state index contributed by atoms with van der Waals surface area (Å²) in [5.74, 6) is 2.42. The molecule has 1 aliphatic heterocycles. The molecule has 0 spiro atoms. The summed E-state index contributed by atoms with van der Waals surface area (Å²) < 4.78 is 18.8. The molecule has 0 saturated carbocycles. The van der Waals surface area contributed by atoms with Gasteiger partial charge in [-0.05, 0) is 35.4 Å². The number of aliphatic hydroxyl groups is 1. The zero-order valence-corrected chi connectivity index (χ0v) is 20.7. The molecule has 2 heterocycles. The Bertz CT molecular complexity index is 1250. The minimum absolute atomic E-state index is 0.175. The molecule has 1 saturated heterocycles. The number of benzene rings is 3. The number of nitrogens with zero attached hydrogens (tertiary/aromatic N) is 2. The predicted octanol–water partition coefficient (Wildman–Crippen LogP) is 5.09. The van der Waals surface area contributed by atoms with Crippen molar-refractivity contribution in [3.63, 3.8) is 0 Å². The highest BCUT2D eigenvalue weighted by atomic mass is 16.6. The van der Waals surface area contributed by atoms with E-state index in [0.29, 0.717) is 13.2 Å². The lowest BCUT2D eigenvalue weighted by molar-refractivity contribution is 0.0928. The van der Waals surface area contributed by atoms with Crippen molar-refractivity contribution in [3.8, 4) is 22.9 Å².